The number of nitrogens with zero attached hydrogens (tertiary/aromatic N) is 5. The molecule has 1 aromatic carbocycles. The summed E-state index contributed by atoms with van der Waals surface area (Å²) < 4.78 is 31.1. The van der Waals surface area contributed by atoms with E-state index in [1.54, 1.807) is 38.0 Å². The lowest BCUT2D eigenvalue weighted by atomic mass is 9.95. The van der Waals surface area contributed by atoms with Gasteiger partial charge in [-0.1, -0.05) is 37.9 Å². The molecule has 0 atom stereocenters. The third-order valence-corrected chi connectivity index (χ3v) is 9.41. The van der Waals surface area contributed by atoms with E-state index in [0.29, 0.717) is 11.8 Å². The number of hydrogen-bond acceptors (Lipinski definition) is 5. The summed E-state index contributed by atoms with van der Waals surface area (Å²) in [4.78, 5) is 10.1. The van der Waals surface area contributed by atoms with Gasteiger partial charge in [0.1, 0.15) is 5.82 Å². The van der Waals surface area contributed by atoms with Crippen molar-refractivity contribution in [2.75, 3.05) is 14.1 Å². The molecule has 3 aromatic rings. The van der Waals surface area contributed by atoms with Gasteiger partial charge in [-0.05, 0) is 51.3 Å². The fourth-order valence-corrected chi connectivity index (χ4v) is 6.74. The van der Waals surface area contributed by atoms with Crippen LogP contribution in [0.1, 0.15) is 68.7 Å². The predicted octanol–water partition coefficient (Wildman–Crippen LogP) is 5.31. The minimum Gasteiger partial charge on any atom is -0.327 e. The summed E-state index contributed by atoms with van der Waals surface area (Å²) in [6.45, 7) is 7.27. The van der Waals surface area contributed by atoms with Gasteiger partial charge in [-0.2, -0.15) is 0 Å². The van der Waals surface area contributed by atoms with Crippen molar-refractivity contribution in [3.05, 3.63) is 35.4 Å². The molecule has 2 heterocycles. The van der Waals surface area contributed by atoms with Crippen molar-refractivity contribution in [2.45, 2.75) is 87.7 Å². The molecule has 7 nitrogen and oxygen atoms in total. The highest BCUT2D eigenvalue weighted by Gasteiger charge is 2.23. The smallest absolute Gasteiger partial charge is 0.242 e. The minimum absolute atomic E-state index is 0.277. The topological polar surface area (TPSA) is 73.0 Å². The van der Waals surface area contributed by atoms with E-state index in [1.807, 2.05) is 6.07 Å². The van der Waals surface area contributed by atoms with Crippen molar-refractivity contribution in [1.29, 1.82) is 0 Å². The van der Waals surface area contributed by atoms with Crippen LogP contribution in [-0.4, -0.2) is 45.9 Å². The summed E-state index contributed by atoms with van der Waals surface area (Å²) >= 11 is 1.74. The Balaban J connectivity index is 1.66. The molecule has 0 bridgehead atoms. The Hall–Kier alpha value is -1.84. The summed E-state index contributed by atoms with van der Waals surface area (Å²) in [6.07, 6.45) is 7.34. The number of sulfonamides is 1. The van der Waals surface area contributed by atoms with Gasteiger partial charge in [0.2, 0.25) is 10.0 Å². The number of thioether (sulfide) groups is 1. The van der Waals surface area contributed by atoms with E-state index < -0.39 is 10.0 Å². The molecule has 1 aliphatic carbocycles. The van der Waals surface area contributed by atoms with E-state index in [9.17, 15) is 8.42 Å². The highest BCUT2D eigenvalue weighted by atomic mass is 32.2. The van der Waals surface area contributed by atoms with Crippen LogP contribution in [-0.2, 0) is 22.3 Å². The van der Waals surface area contributed by atoms with Gasteiger partial charge in [-0.25, -0.2) is 22.7 Å². The number of imidazole rings is 2. The van der Waals surface area contributed by atoms with Crippen LogP contribution in [0.15, 0.2) is 28.3 Å². The molecule has 0 N–H and O–H groups in total. The first kappa shape index (κ1) is 24.3. The van der Waals surface area contributed by atoms with Crippen molar-refractivity contribution in [1.82, 2.24) is 23.4 Å². The molecule has 0 unspecified atom stereocenters. The van der Waals surface area contributed by atoms with Gasteiger partial charge in [0.05, 0.1) is 27.4 Å². The molecule has 1 aliphatic rings. The average molecular weight is 490 g/mol. The zero-order valence-electron chi connectivity index (χ0n) is 20.3. The first-order chi connectivity index (χ1) is 15.7. The molecule has 0 aliphatic heterocycles. The lowest BCUT2D eigenvalue weighted by molar-refractivity contribution is 0.332. The second kappa shape index (κ2) is 9.80. The van der Waals surface area contributed by atoms with Crippen LogP contribution in [0.25, 0.3) is 11.0 Å². The fraction of sp³-hybridized carbons (Fsp3) is 0.583. The maximum atomic E-state index is 12.6. The molecule has 0 spiro atoms. The zero-order chi connectivity index (χ0) is 23.8. The molecule has 4 rings (SSSR count). The average Bonchev–Trinajstić information content (AvgIpc) is 3.29. The summed E-state index contributed by atoms with van der Waals surface area (Å²) in [5, 5.41) is 1.07. The van der Waals surface area contributed by atoms with Gasteiger partial charge in [-0.15, -0.1) is 0 Å². The van der Waals surface area contributed by atoms with E-state index in [4.69, 9.17) is 9.97 Å². The number of aryl methyl sites for hydroxylation is 2. The van der Waals surface area contributed by atoms with Crippen molar-refractivity contribution in [3.8, 4) is 0 Å². The van der Waals surface area contributed by atoms with Gasteiger partial charge in [0, 0.05) is 32.4 Å². The quantitative estimate of drug-likeness (QED) is 0.401. The summed E-state index contributed by atoms with van der Waals surface area (Å²) in [7, 11) is -0.392. The molecule has 2 aromatic heterocycles. The van der Waals surface area contributed by atoms with Crippen LogP contribution in [0.3, 0.4) is 0 Å². The number of rotatable bonds is 8. The van der Waals surface area contributed by atoms with Gasteiger partial charge in [0.15, 0.2) is 5.16 Å². The lowest BCUT2D eigenvalue weighted by Crippen LogP contribution is -2.22. The summed E-state index contributed by atoms with van der Waals surface area (Å²) in [5.74, 6) is 1.66. The Morgan fingerprint density at radius 3 is 2.52 bits per heavy atom. The van der Waals surface area contributed by atoms with Crippen LogP contribution >= 0.6 is 11.8 Å². The molecular formula is C24H35N5O2S2. The Morgan fingerprint density at radius 2 is 1.85 bits per heavy atom. The molecular weight excluding hydrogens is 454 g/mol. The molecule has 33 heavy (non-hydrogen) atoms. The molecule has 0 amide bonds. The minimum atomic E-state index is -3.49. The number of hydrogen-bond donors (Lipinski definition) is 0. The van der Waals surface area contributed by atoms with Crippen LogP contribution in [0.5, 0.6) is 0 Å². The van der Waals surface area contributed by atoms with Gasteiger partial charge in [-0.3, -0.25) is 0 Å². The molecule has 180 valence electrons. The van der Waals surface area contributed by atoms with E-state index in [2.05, 4.69) is 29.9 Å². The SMILES string of the molecule is CCCn1c(CSc2nc(C)c(C)n2C2CCCCC2)nc2cc(S(=O)(=O)N(C)C)ccc21. The van der Waals surface area contributed by atoms with Crippen molar-refractivity contribution >= 4 is 32.8 Å². The largest absolute Gasteiger partial charge is 0.327 e. The number of fused-ring (bicyclic) bond motifs is 1. The second-order valence-electron chi connectivity index (χ2n) is 9.13. The van der Waals surface area contributed by atoms with E-state index in [1.165, 1.54) is 42.1 Å². The van der Waals surface area contributed by atoms with Crippen molar-refractivity contribution in [3.63, 3.8) is 0 Å². The molecule has 0 saturated heterocycles. The summed E-state index contributed by atoms with van der Waals surface area (Å²) in [6, 6.07) is 5.81. The number of benzene rings is 1. The Labute approximate surface area is 201 Å². The van der Waals surface area contributed by atoms with Gasteiger partial charge >= 0.3 is 0 Å². The highest BCUT2D eigenvalue weighted by molar-refractivity contribution is 7.98. The van der Waals surface area contributed by atoms with E-state index >= 15 is 0 Å². The second-order valence-corrected chi connectivity index (χ2v) is 12.2. The monoisotopic (exact) mass is 489 g/mol. The Morgan fingerprint density at radius 1 is 1.12 bits per heavy atom. The molecule has 1 fully saturated rings. The highest BCUT2D eigenvalue weighted by Crippen LogP contribution is 2.35. The Bertz CT molecular complexity index is 1240. The maximum absolute atomic E-state index is 12.6. The zero-order valence-corrected chi connectivity index (χ0v) is 22.0. The van der Waals surface area contributed by atoms with Crippen LogP contribution in [0.4, 0.5) is 0 Å². The van der Waals surface area contributed by atoms with Crippen molar-refractivity contribution in [2.24, 2.45) is 0 Å². The third-order valence-electron chi connectivity index (χ3n) is 6.65. The normalized spacial score (nSPS) is 15.7. The third kappa shape index (κ3) is 4.72. The lowest BCUT2D eigenvalue weighted by Gasteiger charge is -2.26. The fourth-order valence-electron chi connectivity index (χ4n) is 4.71. The first-order valence-corrected chi connectivity index (χ1v) is 14.3. The number of aromatic nitrogens is 4. The van der Waals surface area contributed by atoms with Crippen LogP contribution in [0.2, 0.25) is 0 Å². The molecule has 1 saturated carbocycles. The van der Waals surface area contributed by atoms with Gasteiger partial charge < -0.3 is 9.13 Å². The molecule has 0 radical (unpaired) electrons. The van der Waals surface area contributed by atoms with E-state index in [-0.39, 0.29) is 4.90 Å². The van der Waals surface area contributed by atoms with Crippen LogP contribution in [0, 0.1) is 13.8 Å². The van der Waals surface area contributed by atoms with Crippen LogP contribution < -0.4 is 0 Å². The maximum Gasteiger partial charge on any atom is 0.242 e. The predicted molar refractivity (Wildman–Crippen MR) is 134 cm³/mol. The Kier molecular flexibility index (Phi) is 7.21. The van der Waals surface area contributed by atoms with Gasteiger partial charge in [0.25, 0.3) is 0 Å². The van der Waals surface area contributed by atoms with E-state index in [0.717, 1.165) is 40.7 Å². The summed E-state index contributed by atoms with van der Waals surface area (Å²) in [5.41, 5.74) is 4.08. The first-order valence-electron chi connectivity index (χ1n) is 11.8. The van der Waals surface area contributed by atoms with Crippen molar-refractivity contribution < 1.29 is 8.42 Å². The standard InChI is InChI=1S/C24H35N5O2S2/c1-6-14-28-22-13-12-20(33(30,31)27(4)5)15-21(22)26-23(28)16-32-24-25-17(2)18(3)29(24)19-10-8-7-9-11-19/h12-13,15,19H,6-11,14,16H2,1-5H3. The molecule has 9 heteroatoms.